The van der Waals surface area contributed by atoms with E-state index >= 15 is 0 Å². The van der Waals surface area contributed by atoms with Crippen LogP contribution >= 0.6 is 0 Å². The summed E-state index contributed by atoms with van der Waals surface area (Å²) in [6.07, 6.45) is -2.83. The first-order chi connectivity index (χ1) is 8.29. The SMILES string of the molecule is O=C(/C=C/c1ccc(F)cn1)OC(=O)C(F)(F)F. The number of ether oxygens (including phenoxy) is 1. The van der Waals surface area contributed by atoms with Gasteiger partial charge >= 0.3 is 18.1 Å². The molecule has 1 rings (SSSR count). The number of hydrogen-bond donors (Lipinski definition) is 0. The lowest BCUT2D eigenvalue weighted by Crippen LogP contribution is -2.27. The lowest BCUT2D eigenvalue weighted by atomic mass is 10.3. The van der Waals surface area contributed by atoms with Crippen LogP contribution in [0.25, 0.3) is 6.08 Å². The maximum absolute atomic E-state index is 12.4. The highest BCUT2D eigenvalue weighted by molar-refractivity contribution is 5.96. The quantitative estimate of drug-likeness (QED) is 0.354. The third-order valence-corrected chi connectivity index (χ3v) is 1.57. The van der Waals surface area contributed by atoms with Gasteiger partial charge in [0, 0.05) is 6.08 Å². The average Bonchev–Trinajstić information content (AvgIpc) is 2.27. The van der Waals surface area contributed by atoms with Crippen LogP contribution in [0.15, 0.2) is 24.4 Å². The van der Waals surface area contributed by atoms with E-state index in [1.807, 2.05) is 0 Å². The van der Waals surface area contributed by atoms with Crippen molar-refractivity contribution >= 4 is 18.0 Å². The number of hydrogen-bond acceptors (Lipinski definition) is 4. The number of esters is 2. The molecule has 4 nitrogen and oxygen atoms in total. The zero-order valence-electron chi connectivity index (χ0n) is 8.57. The number of alkyl halides is 3. The van der Waals surface area contributed by atoms with Crippen molar-refractivity contribution < 1.29 is 31.9 Å². The fourth-order valence-electron chi connectivity index (χ4n) is 0.823. The van der Waals surface area contributed by atoms with Gasteiger partial charge in [0.2, 0.25) is 0 Å². The van der Waals surface area contributed by atoms with Gasteiger partial charge in [-0.3, -0.25) is 4.98 Å². The predicted octanol–water partition coefficient (Wildman–Crippen LogP) is 1.87. The van der Waals surface area contributed by atoms with Crippen molar-refractivity contribution in [1.82, 2.24) is 4.98 Å². The van der Waals surface area contributed by atoms with Crippen LogP contribution in [-0.2, 0) is 14.3 Å². The van der Waals surface area contributed by atoms with Crippen molar-refractivity contribution in [2.24, 2.45) is 0 Å². The van der Waals surface area contributed by atoms with Gasteiger partial charge in [-0.25, -0.2) is 14.0 Å². The van der Waals surface area contributed by atoms with E-state index in [-0.39, 0.29) is 5.69 Å². The van der Waals surface area contributed by atoms with Crippen LogP contribution in [-0.4, -0.2) is 23.1 Å². The van der Waals surface area contributed by atoms with Gasteiger partial charge in [-0.1, -0.05) is 0 Å². The number of nitrogens with zero attached hydrogens (tertiary/aromatic N) is 1. The standard InChI is InChI=1S/C10H5F4NO3/c11-6-1-2-7(15-5-6)3-4-8(16)18-9(17)10(12,13)14/h1-5H/b4-3+. The summed E-state index contributed by atoms with van der Waals surface area (Å²) < 4.78 is 51.0. The molecule has 0 amide bonds. The fourth-order valence-corrected chi connectivity index (χ4v) is 0.823. The Morgan fingerprint density at radius 1 is 1.28 bits per heavy atom. The van der Waals surface area contributed by atoms with Gasteiger partial charge in [-0.2, -0.15) is 13.2 Å². The minimum absolute atomic E-state index is 0.118. The summed E-state index contributed by atoms with van der Waals surface area (Å²) in [5, 5.41) is 0. The highest BCUT2D eigenvalue weighted by Crippen LogP contribution is 2.16. The van der Waals surface area contributed by atoms with Crippen molar-refractivity contribution in [3.05, 3.63) is 35.9 Å². The molecule has 96 valence electrons. The number of carbonyl (C=O) groups is 2. The van der Waals surface area contributed by atoms with E-state index in [4.69, 9.17) is 0 Å². The van der Waals surface area contributed by atoms with Gasteiger partial charge in [0.1, 0.15) is 5.82 Å². The molecule has 0 saturated heterocycles. The Bertz CT molecular complexity index is 479. The van der Waals surface area contributed by atoms with Crippen LogP contribution in [0.4, 0.5) is 17.6 Å². The van der Waals surface area contributed by atoms with E-state index in [1.165, 1.54) is 6.07 Å². The normalized spacial score (nSPS) is 11.6. The number of carbonyl (C=O) groups excluding carboxylic acids is 2. The van der Waals surface area contributed by atoms with Gasteiger partial charge in [0.05, 0.1) is 11.9 Å². The minimum Gasteiger partial charge on any atom is -0.383 e. The molecule has 1 heterocycles. The van der Waals surface area contributed by atoms with E-state index in [0.29, 0.717) is 6.08 Å². The molecule has 0 N–H and O–H groups in total. The van der Waals surface area contributed by atoms with E-state index in [9.17, 15) is 27.2 Å². The zero-order chi connectivity index (χ0) is 13.8. The zero-order valence-corrected chi connectivity index (χ0v) is 8.57. The Labute approximate surface area is 97.9 Å². The van der Waals surface area contributed by atoms with Gasteiger partial charge in [-0.15, -0.1) is 0 Å². The molecule has 0 aliphatic rings. The summed E-state index contributed by atoms with van der Waals surface area (Å²) in [6.45, 7) is 0. The van der Waals surface area contributed by atoms with Crippen molar-refractivity contribution in [3.63, 3.8) is 0 Å². The van der Waals surface area contributed by atoms with Crippen LogP contribution in [0, 0.1) is 5.82 Å². The summed E-state index contributed by atoms with van der Waals surface area (Å²) in [7, 11) is 0. The summed E-state index contributed by atoms with van der Waals surface area (Å²) in [5.41, 5.74) is 0.118. The first-order valence-corrected chi connectivity index (χ1v) is 4.41. The summed E-state index contributed by atoms with van der Waals surface area (Å²) in [6, 6.07) is 2.23. The largest absolute Gasteiger partial charge is 0.491 e. The van der Waals surface area contributed by atoms with Crippen molar-refractivity contribution in [3.8, 4) is 0 Å². The topological polar surface area (TPSA) is 56.3 Å². The number of rotatable bonds is 2. The molecule has 0 radical (unpaired) electrons. The molecule has 0 spiro atoms. The Morgan fingerprint density at radius 3 is 2.44 bits per heavy atom. The monoisotopic (exact) mass is 263 g/mol. The molecule has 8 heteroatoms. The number of pyridine rings is 1. The van der Waals surface area contributed by atoms with Gasteiger partial charge in [0.15, 0.2) is 0 Å². The molecule has 1 aromatic rings. The van der Waals surface area contributed by atoms with Crippen molar-refractivity contribution in [2.75, 3.05) is 0 Å². The van der Waals surface area contributed by atoms with Gasteiger partial charge in [-0.05, 0) is 18.2 Å². The Balaban J connectivity index is 2.60. The fraction of sp³-hybridized carbons (Fsp3) is 0.100. The summed E-state index contributed by atoms with van der Waals surface area (Å²) >= 11 is 0. The van der Waals surface area contributed by atoms with Crippen LogP contribution in [0.2, 0.25) is 0 Å². The summed E-state index contributed by atoms with van der Waals surface area (Å²) in [4.78, 5) is 24.6. The molecule has 0 unspecified atom stereocenters. The molecule has 0 aliphatic carbocycles. The molecule has 1 aromatic heterocycles. The molecule has 0 saturated carbocycles. The predicted molar refractivity (Wildman–Crippen MR) is 50.4 cm³/mol. The van der Waals surface area contributed by atoms with E-state index in [1.54, 1.807) is 0 Å². The highest BCUT2D eigenvalue weighted by Gasteiger charge is 2.42. The van der Waals surface area contributed by atoms with Crippen molar-refractivity contribution in [1.29, 1.82) is 0 Å². The number of aromatic nitrogens is 1. The Kier molecular flexibility index (Phi) is 4.13. The first kappa shape index (κ1) is 13.8. The second-order valence-electron chi connectivity index (χ2n) is 2.94. The maximum Gasteiger partial charge on any atom is 0.491 e. The second kappa shape index (κ2) is 5.39. The minimum atomic E-state index is -5.24. The van der Waals surface area contributed by atoms with E-state index in [2.05, 4.69) is 9.72 Å². The third kappa shape index (κ3) is 4.32. The van der Waals surface area contributed by atoms with Gasteiger partial charge < -0.3 is 4.74 Å². The number of halogens is 4. The lowest BCUT2D eigenvalue weighted by Gasteiger charge is -2.02. The molecule has 0 aromatic carbocycles. The molecule has 18 heavy (non-hydrogen) atoms. The molecular formula is C10H5F4NO3. The van der Waals surface area contributed by atoms with Crippen molar-refractivity contribution in [2.45, 2.75) is 6.18 Å². The van der Waals surface area contributed by atoms with E-state index < -0.39 is 23.9 Å². The van der Waals surface area contributed by atoms with Crippen LogP contribution < -0.4 is 0 Å². The molecule has 0 atom stereocenters. The third-order valence-electron chi connectivity index (χ3n) is 1.57. The van der Waals surface area contributed by atoms with E-state index in [0.717, 1.165) is 18.3 Å². The first-order valence-electron chi connectivity index (χ1n) is 4.41. The molecule has 0 aliphatic heterocycles. The highest BCUT2D eigenvalue weighted by atomic mass is 19.4. The average molecular weight is 263 g/mol. The lowest BCUT2D eigenvalue weighted by molar-refractivity contribution is -0.200. The summed E-state index contributed by atoms with van der Waals surface area (Å²) in [5.74, 6) is -4.71. The molecule has 0 fully saturated rings. The van der Waals surface area contributed by atoms with Crippen LogP contribution in [0.5, 0.6) is 0 Å². The molecule has 0 bridgehead atoms. The van der Waals surface area contributed by atoms with Gasteiger partial charge in [0.25, 0.3) is 0 Å². The van der Waals surface area contributed by atoms with Crippen LogP contribution in [0.3, 0.4) is 0 Å². The van der Waals surface area contributed by atoms with Crippen LogP contribution in [0.1, 0.15) is 5.69 Å². The second-order valence-corrected chi connectivity index (χ2v) is 2.94. The Morgan fingerprint density at radius 2 is 1.94 bits per heavy atom. The molecular weight excluding hydrogens is 258 g/mol. The maximum atomic E-state index is 12.4. The smallest absolute Gasteiger partial charge is 0.383 e. The Hall–Kier alpha value is -2.25.